The van der Waals surface area contributed by atoms with E-state index in [9.17, 15) is 24.5 Å². The number of hydrogen-bond acceptors (Lipinski definition) is 7. The number of nitro benzene ring substituents is 1. The zero-order valence-electron chi connectivity index (χ0n) is 16.3. The number of amides is 4. The Hall–Kier alpha value is -4.54. The zero-order chi connectivity index (χ0) is 22.1. The number of nitrogens with zero attached hydrogens (tertiary/aromatic N) is 5. The third kappa shape index (κ3) is 2.24. The number of non-ortho nitro benzene ring substituents is 1. The fourth-order valence-corrected chi connectivity index (χ4v) is 4.72. The first-order chi connectivity index (χ1) is 15.5. The molecule has 0 N–H and O–H groups in total. The van der Waals surface area contributed by atoms with Gasteiger partial charge >= 0.3 is 6.03 Å². The topological polar surface area (TPSA) is 130 Å². The molecule has 11 heteroatoms. The fourth-order valence-electron chi connectivity index (χ4n) is 4.72. The summed E-state index contributed by atoms with van der Waals surface area (Å²) >= 11 is 0. The molecule has 3 aliphatic rings. The Morgan fingerprint density at radius 2 is 1.91 bits per heavy atom. The lowest BCUT2D eigenvalue weighted by atomic mass is 10.1. The van der Waals surface area contributed by atoms with Crippen LogP contribution in [-0.4, -0.2) is 50.3 Å². The zero-order valence-corrected chi connectivity index (χ0v) is 16.3. The van der Waals surface area contributed by atoms with Crippen LogP contribution in [0.1, 0.15) is 17.0 Å². The number of nitro groups is 1. The summed E-state index contributed by atoms with van der Waals surface area (Å²) < 4.78 is 4.95. The van der Waals surface area contributed by atoms with Gasteiger partial charge < -0.3 is 9.42 Å². The minimum absolute atomic E-state index is 0.0483. The number of fused-ring (bicyclic) bond motifs is 5. The van der Waals surface area contributed by atoms with Crippen LogP contribution >= 0.6 is 0 Å². The van der Waals surface area contributed by atoms with Crippen molar-refractivity contribution in [2.24, 2.45) is 0 Å². The standard InChI is InChI=1S/C21H13N5O6/c27-19(17-7-8-22-32-17)23-10-11-9-16(23)18-20(28)25(21(29)24(11)18)14-5-6-15(26(30)31)13-4-2-1-3-12(13)14/h1-8,11H,9-10H2. The van der Waals surface area contributed by atoms with E-state index in [0.717, 1.165) is 4.90 Å². The van der Waals surface area contributed by atoms with Crippen molar-refractivity contribution in [3.63, 3.8) is 0 Å². The highest BCUT2D eigenvalue weighted by Gasteiger charge is 2.56. The number of likely N-dealkylation sites (tertiary alicyclic amines) is 1. The lowest BCUT2D eigenvalue weighted by Crippen LogP contribution is -2.43. The first kappa shape index (κ1) is 18.2. The molecule has 1 atom stereocenters. The SMILES string of the molecule is O=C(c1ccno1)N1CC2CC1=C1C(=O)N(c3ccc([N+](=O)[O-])c4ccccc34)C(=O)N12. The number of aromatic nitrogens is 1. The number of hydrogen-bond donors (Lipinski definition) is 0. The smallest absolute Gasteiger partial charge is 0.336 e. The van der Waals surface area contributed by atoms with E-state index in [1.165, 1.54) is 34.2 Å². The Kier molecular flexibility index (Phi) is 3.55. The molecular weight excluding hydrogens is 418 g/mol. The first-order valence-electron chi connectivity index (χ1n) is 9.77. The molecule has 4 heterocycles. The average Bonchev–Trinajstić information content (AvgIpc) is 3.57. The number of imide groups is 1. The van der Waals surface area contributed by atoms with E-state index in [1.807, 2.05) is 0 Å². The van der Waals surface area contributed by atoms with Gasteiger partial charge in [0, 0.05) is 30.5 Å². The van der Waals surface area contributed by atoms with Crippen LogP contribution in [0.4, 0.5) is 16.2 Å². The summed E-state index contributed by atoms with van der Waals surface area (Å²) in [7, 11) is 0. The van der Waals surface area contributed by atoms with Crippen molar-refractivity contribution in [3.8, 4) is 0 Å². The summed E-state index contributed by atoms with van der Waals surface area (Å²) in [4.78, 5) is 54.3. The van der Waals surface area contributed by atoms with Crippen molar-refractivity contribution in [3.05, 3.63) is 75.9 Å². The Morgan fingerprint density at radius 3 is 2.62 bits per heavy atom. The second-order valence-electron chi connectivity index (χ2n) is 7.65. The van der Waals surface area contributed by atoms with E-state index in [0.29, 0.717) is 22.9 Å². The molecule has 2 bridgehead atoms. The number of carbonyl (C=O) groups is 3. The normalized spacial score (nSPS) is 19.5. The van der Waals surface area contributed by atoms with Crippen LogP contribution in [0.25, 0.3) is 10.8 Å². The van der Waals surface area contributed by atoms with Crippen molar-refractivity contribution < 1.29 is 23.8 Å². The van der Waals surface area contributed by atoms with Crippen LogP contribution in [0.2, 0.25) is 0 Å². The summed E-state index contributed by atoms with van der Waals surface area (Å²) in [6.07, 6.45) is 1.75. The third-order valence-corrected chi connectivity index (χ3v) is 6.04. The summed E-state index contributed by atoms with van der Waals surface area (Å²) in [5, 5.41) is 15.7. The third-order valence-electron chi connectivity index (χ3n) is 6.04. The Labute approximate surface area is 179 Å². The lowest BCUT2D eigenvalue weighted by molar-refractivity contribution is -0.383. The van der Waals surface area contributed by atoms with E-state index in [-0.39, 0.29) is 35.4 Å². The molecule has 2 fully saturated rings. The Balaban J connectivity index is 1.46. The average molecular weight is 431 g/mol. The van der Waals surface area contributed by atoms with Crippen LogP contribution in [0, 0.1) is 10.1 Å². The van der Waals surface area contributed by atoms with Gasteiger partial charge in [0.15, 0.2) is 0 Å². The molecule has 11 nitrogen and oxygen atoms in total. The van der Waals surface area contributed by atoms with Crippen LogP contribution < -0.4 is 4.90 Å². The van der Waals surface area contributed by atoms with E-state index >= 15 is 0 Å². The molecule has 3 aromatic rings. The van der Waals surface area contributed by atoms with E-state index in [1.54, 1.807) is 24.3 Å². The van der Waals surface area contributed by atoms with E-state index in [2.05, 4.69) is 5.16 Å². The van der Waals surface area contributed by atoms with Gasteiger partial charge in [-0.2, -0.15) is 0 Å². The molecule has 6 rings (SSSR count). The minimum atomic E-state index is -0.568. The predicted octanol–water partition coefficient (Wildman–Crippen LogP) is 2.64. The summed E-state index contributed by atoms with van der Waals surface area (Å²) in [6.45, 7) is 0.242. The van der Waals surface area contributed by atoms with Crippen molar-refractivity contribution in [1.82, 2.24) is 15.0 Å². The molecule has 1 unspecified atom stereocenters. The molecule has 0 aliphatic carbocycles. The number of carbonyl (C=O) groups excluding carboxylic acids is 3. The molecule has 0 saturated carbocycles. The van der Waals surface area contributed by atoms with Crippen molar-refractivity contribution >= 4 is 40.0 Å². The lowest BCUT2D eigenvalue weighted by Gasteiger charge is -2.27. The molecule has 3 aliphatic heterocycles. The monoisotopic (exact) mass is 431 g/mol. The van der Waals surface area contributed by atoms with Gasteiger partial charge in [0.05, 0.1) is 33.9 Å². The van der Waals surface area contributed by atoms with Crippen LogP contribution in [0.5, 0.6) is 0 Å². The van der Waals surface area contributed by atoms with E-state index < -0.39 is 22.8 Å². The molecular formula is C21H13N5O6. The molecule has 0 spiro atoms. The highest BCUT2D eigenvalue weighted by Crippen LogP contribution is 2.46. The van der Waals surface area contributed by atoms with Crippen LogP contribution in [0.3, 0.4) is 0 Å². The fraction of sp³-hybridized carbons (Fsp3) is 0.143. The molecule has 158 valence electrons. The Morgan fingerprint density at radius 1 is 1.12 bits per heavy atom. The molecule has 1 aromatic heterocycles. The molecule has 0 radical (unpaired) electrons. The van der Waals surface area contributed by atoms with Crippen molar-refractivity contribution in [2.75, 3.05) is 11.4 Å². The summed E-state index contributed by atoms with van der Waals surface area (Å²) in [6, 6.07) is 9.78. The molecule has 32 heavy (non-hydrogen) atoms. The van der Waals surface area contributed by atoms with Gasteiger partial charge in [-0.15, -0.1) is 0 Å². The van der Waals surface area contributed by atoms with E-state index in [4.69, 9.17) is 4.52 Å². The van der Waals surface area contributed by atoms with Gasteiger partial charge in [0.25, 0.3) is 17.5 Å². The van der Waals surface area contributed by atoms with Crippen LogP contribution in [0.15, 0.2) is 64.6 Å². The predicted molar refractivity (Wildman–Crippen MR) is 108 cm³/mol. The highest BCUT2D eigenvalue weighted by molar-refractivity contribution is 6.30. The second kappa shape index (κ2) is 6.23. The highest BCUT2D eigenvalue weighted by atomic mass is 16.6. The van der Waals surface area contributed by atoms with Crippen LogP contribution in [-0.2, 0) is 4.79 Å². The number of anilines is 1. The van der Waals surface area contributed by atoms with Gasteiger partial charge in [-0.1, -0.05) is 23.4 Å². The maximum atomic E-state index is 13.4. The van der Waals surface area contributed by atoms with Gasteiger partial charge in [-0.25, -0.2) is 9.69 Å². The molecule has 2 saturated heterocycles. The van der Waals surface area contributed by atoms with Gasteiger partial charge in [-0.05, 0) is 12.1 Å². The largest absolute Gasteiger partial charge is 0.351 e. The van der Waals surface area contributed by atoms with Gasteiger partial charge in [-0.3, -0.25) is 24.6 Å². The minimum Gasteiger partial charge on any atom is -0.351 e. The summed E-state index contributed by atoms with van der Waals surface area (Å²) in [5.74, 6) is -0.944. The number of rotatable bonds is 3. The quantitative estimate of drug-likeness (QED) is 0.354. The van der Waals surface area contributed by atoms with Crippen molar-refractivity contribution in [1.29, 1.82) is 0 Å². The number of urea groups is 1. The first-order valence-corrected chi connectivity index (χ1v) is 9.77. The summed E-state index contributed by atoms with van der Waals surface area (Å²) in [5.41, 5.74) is 0.760. The van der Waals surface area contributed by atoms with Crippen molar-refractivity contribution in [2.45, 2.75) is 12.5 Å². The van der Waals surface area contributed by atoms with Gasteiger partial charge in [0.2, 0.25) is 5.76 Å². The second-order valence-corrected chi connectivity index (χ2v) is 7.65. The Bertz CT molecular complexity index is 1390. The molecule has 2 aromatic carbocycles. The maximum Gasteiger partial charge on any atom is 0.336 e. The number of benzene rings is 2. The maximum absolute atomic E-state index is 13.4. The molecule has 4 amide bonds. The van der Waals surface area contributed by atoms with Gasteiger partial charge in [0.1, 0.15) is 5.70 Å².